The predicted octanol–water partition coefficient (Wildman–Crippen LogP) is 1.75. The Labute approximate surface area is 121 Å². The van der Waals surface area contributed by atoms with Crippen LogP contribution in [0.3, 0.4) is 0 Å². The third-order valence-corrected chi connectivity index (χ3v) is 3.37. The Morgan fingerprint density at radius 2 is 2.15 bits per heavy atom. The second-order valence-corrected chi connectivity index (χ2v) is 5.14. The number of rotatable bonds is 8. The molecule has 0 radical (unpaired) electrons. The molecule has 0 bridgehead atoms. The molecule has 4 heteroatoms. The van der Waals surface area contributed by atoms with Gasteiger partial charge in [0.25, 0.3) is 0 Å². The molecule has 0 fully saturated rings. The number of aliphatic hydroxyl groups is 1. The Morgan fingerprint density at radius 3 is 2.75 bits per heavy atom. The number of carbonyl (C=O) groups excluding carboxylic acids is 1. The lowest BCUT2D eigenvalue weighted by Crippen LogP contribution is -2.35. The fourth-order valence-electron chi connectivity index (χ4n) is 2.23. The zero-order chi connectivity index (χ0) is 15.0. The van der Waals surface area contributed by atoms with E-state index in [-0.39, 0.29) is 18.6 Å². The zero-order valence-electron chi connectivity index (χ0n) is 12.6. The molecule has 0 aromatic heterocycles. The molecule has 0 saturated heterocycles. The first-order chi connectivity index (χ1) is 9.56. The second kappa shape index (κ2) is 8.72. The summed E-state index contributed by atoms with van der Waals surface area (Å²) in [5.74, 6) is -0.212. The van der Waals surface area contributed by atoms with Crippen molar-refractivity contribution in [3.05, 3.63) is 34.9 Å². The van der Waals surface area contributed by atoms with Crippen molar-refractivity contribution in [1.29, 1.82) is 0 Å². The van der Waals surface area contributed by atoms with E-state index in [1.165, 1.54) is 23.8 Å². The van der Waals surface area contributed by atoms with Gasteiger partial charge in [-0.15, -0.1) is 0 Å². The molecular formula is C16H25NO3. The summed E-state index contributed by atoms with van der Waals surface area (Å²) in [6, 6.07) is 6.39. The topological polar surface area (TPSA) is 58.6 Å². The molecule has 1 unspecified atom stereocenters. The molecule has 0 saturated carbocycles. The Bertz CT molecular complexity index is 432. The molecule has 20 heavy (non-hydrogen) atoms. The monoisotopic (exact) mass is 279 g/mol. The summed E-state index contributed by atoms with van der Waals surface area (Å²) in [5.41, 5.74) is 3.72. The van der Waals surface area contributed by atoms with Gasteiger partial charge >= 0.3 is 5.97 Å². The summed E-state index contributed by atoms with van der Waals surface area (Å²) in [7, 11) is 1.41. The number of nitrogens with one attached hydrogen (secondary N) is 1. The third-order valence-electron chi connectivity index (χ3n) is 3.37. The number of methoxy groups -OCH3 is 1. The maximum atomic E-state index is 11.5. The highest BCUT2D eigenvalue weighted by Gasteiger charge is 2.15. The molecule has 4 nitrogen and oxygen atoms in total. The largest absolute Gasteiger partial charge is 0.469 e. The SMILES string of the molecule is COC(=O)CC(Cc1ccc(C)cc1C)NCCCO. The zero-order valence-corrected chi connectivity index (χ0v) is 12.6. The highest BCUT2D eigenvalue weighted by atomic mass is 16.5. The summed E-state index contributed by atoms with van der Waals surface area (Å²) < 4.78 is 4.75. The van der Waals surface area contributed by atoms with E-state index in [9.17, 15) is 4.79 Å². The number of carbonyl (C=O) groups is 1. The molecular weight excluding hydrogens is 254 g/mol. The molecule has 0 aliphatic heterocycles. The maximum absolute atomic E-state index is 11.5. The summed E-state index contributed by atoms with van der Waals surface area (Å²) in [4.78, 5) is 11.5. The van der Waals surface area contributed by atoms with Crippen molar-refractivity contribution in [1.82, 2.24) is 5.32 Å². The van der Waals surface area contributed by atoms with E-state index in [4.69, 9.17) is 9.84 Å². The minimum absolute atomic E-state index is 0.0374. The van der Waals surface area contributed by atoms with Gasteiger partial charge in [-0.1, -0.05) is 23.8 Å². The van der Waals surface area contributed by atoms with E-state index < -0.39 is 0 Å². The van der Waals surface area contributed by atoms with Crippen LogP contribution >= 0.6 is 0 Å². The molecule has 1 rings (SSSR count). The van der Waals surface area contributed by atoms with Crippen LogP contribution in [0.4, 0.5) is 0 Å². The molecule has 1 aromatic rings. The number of aliphatic hydroxyl groups excluding tert-OH is 1. The molecule has 1 aromatic carbocycles. The van der Waals surface area contributed by atoms with Crippen LogP contribution in [0.15, 0.2) is 18.2 Å². The summed E-state index contributed by atoms with van der Waals surface area (Å²) >= 11 is 0. The van der Waals surface area contributed by atoms with Gasteiger partial charge in [-0.25, -0.2) is 0 Å². The number of hydrogen-bond acceptors (Lipinski definition) is 4. The van der Waals surface area contributed by atoms with Gasteiger partial charge in [0.05, 0.1) is 13.5 Å². The first-order valence-corrected chi connectivity index (χ1v) is 7.04. The van der Waals surface area contributed by atoms with Gasteiger partial charge in [0, 0.05) is 12.6 Å². The summed E-state index contributed by atoms with van der Waals surface area (Å²) in [6.07, 6.45) is 1.81. The second-order valence-electron chi connectivity index (χ2n) is 5.14. The number of ether oxygens (including phenoxy) is 1. The van der Waals surface area contributed by atoms with E-state index in [1.807, 2.05) is 0 Å². The minimum Gasteiger partial charge on any atom is -0.469 e. The molecule has 0 amide bonds. The van der Waals surface area contributed by atoms with Crippen LogP contribution in [0.25, 0.3) is 0 Å². The van der Waals surface area contributed by atoms with Gasteiger partial charge < -0.3 is 15.2 Å². The van der Waals surface area contributed by atoms with Crippen molar-refractivity contribution in [3.8, 4) is 0 Å². The van der Waals surface area contributed by atoms with Crippen molar-refractivity contribution in [2.24, 2.45) is 0 Å². The van der Waals surface area contributed by atoms with Crippen molar-refractivity contribution in [2.45, 2.75) is 39.2 Å². The average Bonchev–Trinajstić information content (AvgIpc) is 2.41. The standard InChI is InChI=1S/C16H25NO3/c1-12-5-6-14(13(2)9-12)10-15(11-16(19)20-3)17-7-4-8-18/h5-6,9,15,17-18H,4,7-8,10-11H2,1-3H3. The first kappa shape index (κ1) is 16.7. The third kappa shape index (κ3) is 5.72. The summed E-state index contributed by atoms with van der Waals surface area (Å²) in [5, 5.41) is 12.2. The van der Waals surface area contributed by atoms with Gasteiger partial charge in [-0.2, -0.15) is 0 Å². The molecule has 0 spiro atoms. The number of esters is 1. The Balaban J connectivity index is 2.68. The van der Waals surface area contributed by atoms with Gasteiger partial charge in [-0.05, 0) is 44.4 Å². The molecule has 2 N–H and O–H groups in total. The molecule has 1 atom stereocenters. The van der Waals surface area contributed by atoms with Crippen LogP contribution in [0.5, 0.6) is 0 Å². The first-order valence-electron chi connectivity index (χ1n) is 7.04. The van der Waals surface area contributed by atoms with E-state index in [0.29, 0.717) is 19.4 Å². The lowest BCUT2D eigenvalue weighted by atomic mass is 9.97. The lowest BCUT2D eigenvalue weighted by Gasteiger charge is -2.19. The number of aryl methyl sites for hydroxylation is 2. The highest BCUT2D eigenvalue weighted by molar-refractivity contribution is 5.70. The number of hydrogen-bond donors (Lipinski definition) is 2. The van der Waals surface area contributed by atoms with E-state index in [1.54, 1.807) is 0 Å². The van der Waals surface area contributed by atoms with Crippen molar-refractivity contribution < 1.29 is 14.6 Å². The van der Waals surface area contributed by atoms with E-state index >= 15 is 0 Å². The quantitative estimate of drug-likeness (QED) is 0.562. The average molecular weight is 279 g/mol. The predicted molar refractivity (Wildman–Crippen MR) is 79.7 cm³/mol. The maximum Gasteiger partial charge on any atom is 0.307 e. The van der Waals surface area contributed by atoms with Crippen LogP contribution < -0.4 is 5.32 Å². The van der Waals surface area contributed by atoms with Crippen molar-refractivity contribution >= 4 is 5.97 Å². The van der Waals surface area contributed by atoms with Crippen molar-refractivity contribution in [2.75, 3.05) is 20.3 Å². The van der Waals surface area contributed by atoms with Crippen LogP contribution in [-0.4, -0.2) is 37.4 Å². The molecule has 112 valence electrons. The number of benzene rings is 1. The van der Waals surface area contributed by atoms with Gasteiger partial charge in [0.1, 0.15) is 0 Å². The van der Waals surface area contributed by atoms with Crippen LogP contribution in [0.1, 0.15) is 29.5 Å². The van der Waals surface area contributed by atoms with Gasteiger partial charge in [-0.3, -0.25) is 4.79 Å². The van der Waals surface area contributed by atoms with E-state index in [0.717, 1.165) is 6.42 Å². The van der Waals surface area contributed by atoms with Crippen LogP contribution in [0, 0.1) is 13.8 Å². The van der Waals surface area contributed by atoms with Gasteiger partial charge in [0.2, 0.25) is 0 Å². The smallest absolute Gasteiger partial charge is 0.307 e. The fourth-order valence-corrected chi connectivity index (χ4v) is 2.23. The Kier molecular flexibility index (Phi) is 7.26. The molecule has 0 aliphatic rings. The summed E-state index contributed by atoms with van der Waals surface area (Å²) in [6.45, 7) is 5.01. The molecule has 0 heterocycles. The highest BCUT2D eigenvalue weighted by Crippen LogP contribution is 2.14. The van der Waals surface area contributed by atoms with E-state index in [2.05, 4.69) is 37.4 Å². The molecule has 0 aliphatic carbocycles. The normalized spacial score (nSPS) is 12.2. The van der Waals surface area contributed by atoms with Crippen LogP contribution in [0.2, 0.25) is 0 Å². The lowest BCUT2D eigenvalue weighted by molar-refractivity contribution is -0.141. The van der Waals surface area contributed by atoms with Crippen molar-refractivity contribution in [3.63, 3.8) is 0 Å². The van der Waals surface area contributed by atoms with Gasteiger partial charge in [0.15, 0.2) is 0 Å². The Morgan fingerprint density at radius 1 is 1.40 bits per heavy atom. The van der Waals surface area contributed by atoms with Crippen LogP contribution in [-0.2, 0) is 16.0 Å². The minimum atomic E-state index is -0.212. The fraction of sp³-hybridized carbons (Fsp3) is 0.562. The Hall–Kier alpha value is -1.39.